The third-order valence-electron chi connectivity index (χ3n) is 8.29. The Kier molecular flexibility index (Phi) is 4.51. The number of amides is 2. The summed E-state index contributed by atoms with van der Waals surface area (Å²) in [6, 6.07) is 18.3. The quantitative estimate of drug-likeness (QED) is 0.380. The molecular formula is C28H22N4O5. The van der Waals surface area contributed by atoms with Crippen molar-refractivity contribution in [3.8, 4) is 11.8 Å². The monoisotopic (exact) mass is 494 g/mol. The predicted octanol–water partition coefficient (Wildman–Crippen LogP) is 4.14. The molecule has 3 fully saturated rings. The molecule has 4 aromatic rings. The predicted molar refractivity (Wildman–Crippen MR) is 132 cm³/mol. The first-order valence-corrected chi connectivity index (χ1v) is 12.3. The van der Waals surface area contributed by atoms with Crippen molar-refractivity contribution >= 4 is 39.3 Å². The van der Waals surface area contributed by atoms with E-state index in [0.717, 1.165) is 0 Å². The maximum atomic E-state index is 14.0. The number of aromatic nitrogens is 2. The van der Waals surface area contributed by atoms with Crippen LogP contribution in [0.3, 0.4) is 0 Å². The van der Waals surface area contributed by atoms with E-state index in [1.165, 1.54) is 4.90 Å². The van der Waals surface area contributed by atoms with E-state index in [0.29, 0.717) is 64.7 Å². The lowest BCUT2D eigenvalue weighted by Crippen LogP contribution is -2.43. The number of carbonyl (C=O) groups excluding carboxylic acids is 2. The summed E-state index contributed by atoms with van der Waals surface area (Å²) in [5.41, 5.74) is 0.779. The Bertz CT molecular complexity index is 1660. The summed E-state index contributed by atoms with van der Waals surface area (Å²) in [7, 11) is 0. The van der Waals surface area contributed by atoms with Gasteiger partial charge in [-0.15, -0.1) is 0 Å². The van der Waals surface area contributed by atoms with E-state index in [1.807, 2.05) is 31.2 Å². The van der Waals surface area contributed by atoms with Crippen LogP contribution in [0, 0.1) is 23.2 Å². The fourth-order valence-corrected chi connectivity index (χ4v) is 6.62. The van der Waals surface area contributed by atoms with Crippen LogP contribution in [0.15, 0.2) is 59.2 Å². The van der Waals surface area contributed by atoms with Crippen molar-refractivity contribution in [3.05, 3.63) is 60.2 Å². The number of benzene rings is 3. The van der Waals surface area contributed by atoms with Crippen molar-refractivity contribution in [2.45, 2.75) is 37.4 Å². The second-order valence-corrected chi connectivity index (χ2v) is 10.2. The first kappa shape index (κ1) is 21.9. The minimum atomic E-state index is -0.775. The van der Waals surface area contributed by atoms with Crippen LogP contribution < -0.4 is 9.64 Å². The van der Waals surface area contributed by atoms with E-state index in [9.17, 15) is 14.9 Å². The average molecular weight is 495 g/mol. The lowest BCUT2D eigenvalue weighted by atomic mass is 9.67. The molecule has 3 aromatic carbocycles. The van der Waals surface area contributed by atoms with Gasteiger partial charge in [-0.1, -0.05) is 24.3 Å². The Morgan fingerprint density at radius 1 is 1.03 bits per heavy atom. The molecule has 0 saturated carbocycles. The molecule has 1 aromatic heterocycles. The zero-order chi connectivity index (χ0) is 25.4. The van der Waals surface area contributed by atoms with Crippen LogP contribution in [0.5, 0.6) is 5.75 Å². The molecule has 2 amide bonds. The molecule has 3 aliphatic rings. The van der Waals surface area contributed by atoms with Crippen LogP contribution in [0.2, 0.25) is 0 Å². The number of fused-ring (bicyclic) bond motifs is 7. The summed E-state index contributed by atoms with van der Waals surface area (Å²) in [6.07, 6.45) is 1.85. The maximum absolute atomic E-state index is 14.0. The molecule has 0 radical (unpaired) electrons. The van der Waals surface area contributed by atoms with Crippen LogP contribution in [0.25, 0.3) is 21.8 Å². The standard InChI is InChI=1S/C28H22N4O5/c1-27-10-11-28(36-27,12-13-35-17-7-8-20-21(14-17)31-37-30-20)24-23(27)25(33)32(26(24)34)22-9-6-16(15-29)18-4-2-3-5-19(18)22/h2-9,14,23-24H,10-13H2,1H3/t23-,24+,27-,28-/m1/s1. The Hall–Kier alpha value is -4.29. The number of nitrogens with zero attached hydrogens (tertiary/aromatic N) is 4. The molecule has 7 rings (SSSR count). The molecule has 0 spiro atoms. The van der Waals surface area contributed by atoms with E-state index < -0.39 is 23.0 Å². The molecule has 3 aliphatic heterocycles. The summed E-state index contributed by atoms with van der Waals surface area (Å²) in [6.45, 7) is 2.26. The number of anilines is 1. The number of carbonyl (C=O) groups is 2. The number of imide groups is 1. The Labute approximate surface area is 211 Å². The second-order valence-electron chi connectivity index (χ2n) is 10.2. The summed E-state index contributed by atoms with van der Waals surface area (Å²) in [5.74, 6) is -1.00. The van der Waals surface area contributed by atoms with E-state index in [2.05, 4.69) is 16.4 Å². The molecule has 0 aliphatic carbocycles. The zero-order valence-electron chi connectivity index (χ0n) is 20.0. The van der Waals surface area contributed by atoms with Gasteiger partial charge < -0.3 is 9.47 Å². The highest BCUT2D eigenvalue weighted by molar-refractivity contribution is 6.26. The molecule has 37 heavy (non-hydrogen) atoms. The largest absolute Gasteiger partial charge is 0.493 e. The van der Waals surface area contributed by atoms with Crippen LogP contribution in [-0.4, -0.2) is 39.9 Å². The number of hydrogen-bond donors (Lipinski definition) is 0. The summed E-state index contributed by atoms with van der Waals surface area (Å²) in [4.78, 5) is 29.1. The normalized spacial score (nSPS) is 28.3. The van der Waals surface area contributed by atoms with Crippen molar-refractivity contribution in [1.82, 2.24) is 10.3 Å². The van der Waals surface area contributed by atoms with Gasteiger partial charge in [-0.3, -0.25) is 9.59 Å². The smallest absolute Gasteiger partial charge is 0.240 e. The van der Waals surface area contributed by atoms with E-state index in [-0.39, 0.29) is 11.8 Å². The lowest BCUT2D eigenvalue weighted by Gasteiger charge is -2.31. The van der Waals surface area contributed by atoms with E-state index >= 15 is 0 Å². The van der Waals surface area contributed by atoms with Crippen LogP contribution in [0.4, 0.5) is 5.69 Å². The zero-order valence-corrected chi connectivity index (χ0v) is 20.0. The fourth-order valence-electron chi connectivity index (χ4n) is 6.62. The highest BCUT2D eigenvalue weighted by Crippen LogP contribution is 2.62. The average Bonchev–Trinajstić information content (AvgIpc) is 3.63. The lowest BCUT2D eigenvalue weighted by molar-refractivity contribution is -0.131. The Balaban J connectivity index is 1.20. The first-order chi connectivity index (χ1) is 17.9. The van der Waals surface area contributed by atoms with Gasteiger partial charge in [0.05, 0.1) is 47.0 Å². The molecule has 2 bridgehead atoms. The minimum Gasteiger partial charge on any atom is -0.493 e. The Morgan fingerprint density at radius 2 is 1.81 bits per heavy atom. The van der Waals surface area contributed by atoms with Gasteiger partial charge in [-0.25, -0.2) is 9.53 Å². The van der Waals surface area contributed by atoms with Crippen LogP contribution in [-0.2, 0) is 14.3 Å². The molecule has 4 heterocycles. The molecule has 0 unspecified atom stereocenters. The summed E-state index contributed by atoms with van der Waals surface area (Å²) < 4.78 is 17.3. The van der Waals surface area contributed by atoms with Crippen molar-refractivity contribution in [1.29, 1.82) is 5.26 Å². The molecule has 4 atom stereocenters. The number of nitriles is 1. The van der Waals surface area contributed by atoms with Gasteiger partial charge >= 0.3 is 0 Å². The molecular weight excluding hydrogens is 472 g/mol. The van der Waals surface area contributed by atoms with Crippen molar-refractivity contribution in [2.24, 2.45) is 11.8 Å². The Morgan fingerprint density at radius 3 is 2.65 bits per heavy atom. The van der Waals surface area contributed by atoms with Gasteiger partial charge in [0.25, 0.3) is 0 Å². The van der Waals surface area contributed by atoms with Gasteiger partial charge in [0.1, 0.15) is 16.8 Å². The van der Waals surface area contributed by atoms with Gasteiger partial charge in [0.2, 0.25) is 11.8 Å². The van der Waals surface area contributed by atoms with Crippen molar-refractivity contribution < 1.29 is 23.7 Å². The van der Waals surface area contributed by atoms with Crippen molar-refractivity contribution in [3.63, 3.8) is 0 Å². The number of rotatable bonds is 5. The maximum Gasteiger partial charge on any atom is 0.240 e. The van der Waals surface area contributed by atoms with Crippen LogP contribution >= 0.6 is 0 Å². The van der Waals surface area contributed by atoms with E-state index in [1.54, 1.807) is 30.3 Å². The third kappa shape index (κ3) is 2.99. The topological polar surface area (TPSA) is 119 Å². The first-order valence-electron chi connectivity index (χ1n) is 12.3. The van der Waals surface area contributed by atoms with Gasteiger partial charge in [-0.2, -0.15) is 5.26 Å². The minimum absolute atomic E-state index is 0.237. The second kappa shape index (κ2) is 7.60. The molecule has 3 saturated heterocycles. The molecule has 184 valence electrons. The van der Waals surface area contributed by atoms with Crippen LogP contribution in [0.1, 0.15) is 31.7 Å². The van der Waals surface area contributed by atoms with Crippen molar-refractivity contribution in [2.75, 3.05) is 11.5 Å². The van der Waals surface area contributed by atoms with Gasteiger partial charge in [0.15, 0.2) is 0 Å². The van der Waals surface area contributed by atoms with E-state index in [4.69, 9.17) is 14.1 Å². The highest BCUT2D eigenvalue weighted by atomic mass is 16.6. The molecule has 9 nitrogen and oxygen atoms in total. The highest BCUT2D eigenvalue weighted by Gasteiger charge is 2.73. The fraction of sp³-hybridized carbons (Fsp3) is 0.321. The van der Waals surface area contributed by atoms with Gasteiger partial charge in [-0.05, 0) is 54.3 Å². The number of hydrogen-bond acceptors (Lipinski definition) is 8. The third-order valence-corrected chi connectivity index (χ3v) is 8.29. The summed E-state index contributed by atoms with van der Waals surface area (Å²) in [5, 5.41) is 18.6. The summed E-state index contributed by atoms with van der Waals surface area (Å²) >= 11 is 0. The van der Waals surface area contributed by atoms with Gasteiger partial charge in [0, 0.05) is 23.3 Å². The molecule has 9 heteroatoms. The number of ether oxygens (including phenoxy) is 2. The SMILES string of the molecule is C[C@]12CC[C@](CCOc3ccc4nonc4c3)(O1)[C@@H]1C(=O)N(c3ccc(C#N)c4ccccc34)C(=O)[C@@H]12. The molecule has 0 N–H and O–H groups in total.